The van der Waals surface area contributed by atoms with Gasteiger partial charge in [-0.15, -0.1) is 0 Å². The second kappa shape index (κ2) is 4.50. The highest BCUT2D eigenvalue weighted by molar-refractivity contribution is 5.25. The lowest BCUT2D eigenvalue weighted by molar-refractivity contribution is 0.389. The Bertz CT molecular complexity index is 358. The fourth-order valence-electron chi connectivity index (χ4n) is 2.07. The van der Waals surface area contributed by atoms with E-state index in [1.807, 2.05) is 14.1 Å². The van der Waals surface area contributed by atoms with Gasteiger partial charge in [-0.2, -0.15) is 0 Å². The number of aromatic nitrogens is 2. The van der Waals surface area contributed by atoms with Crippen molar-refractivity contribution in [2.24, 2.45) is 5.92 Å². The van der Waals surface area contributed by atoms with E-state index in [-0.39, 0.29) is 0 Å². The molecule has 0 N–H and O–H groups in total. The minimum absolute atomic E-state index is 0.825. The van der Waals surface area contributed by atoms with Crippen molar-refractivity contribution < 1.29 is 0 Å². The van der Waals surface area contributed by atoms with Crippen LogP contribution < -0.4 is 0 Å². The molecule has 1 aliphatic rings. The van der Waals surface area contributed by atoms with Crippen LogP contribution >= 0.6 is 0 Å². The molecule has 1 fully saturated rings. The molecule has 0 saturated heterocycles. The SMILES string of the molecule is Cc1nc(CN(C)C)nc(C)c1CC1CC1. The van der Waals surface area contributed by atoms with Gasteiger partial charge in [-0.05, 0) is 58.7 Å². The van der Waals surface area contributed by atoms with Crippen molar-refractivity contribution in [2.75, 3.05) is 14.1 Å². The van der Waals surface area contributed by atoms with Crippen LogP contribution in [0.5, 0.6) is 0 Å². The summed E-state index contributed by atoms with van der Waals surface area (Å²) in [5, 5.41) is 0. The summed E-state index contributed by atoms with van der Waals surface area (Å²) in [6, 6.07) is 0. The van der Waals surface area contributed by atoms with E-state index >= 15 is 0 Å². The molecule has 1 heterocycles. The van der Waals surface area contributed by atoms with Crippen LogP contribution in [-0.4, -0.2) is 29.0 Å². The minimum Gasteiger partial charge on any atom is -0.302 e. The molecule has 0 amide bonds. The Balaban J connectivity index is 2.19. The van der Waals surface area contributed by atoms with Crippen LogP contribution in [0.15, 0.2) is 0 Å². The van der Waals surface area contributed by atoms with Gasteiger partial charge >= 0.3 is 0 Å². The number of nitrogens with zero attached hydrogens (tertiary/aromatic N) is 3. The molecular weight excluding hydrogens is 198 g/mol. The van der Waals surface area contributed by atoms with E-state index in [1.54, 1.807) is 0 Å². The van der Waals surface area contributed by atoms with E-state index in [2.05, 4.69) is 28.7 Å². The first kappa shape index (κ1) is 11.5. The van der Waals surface area contributed by atoms with Crippen molar-refractivity contribution in [3.63, 3.8) is 0 Å². The van der Waals surface area contributed by atoms with Gasteiger partial charge in [-0.3, -0.25) is 0 Å². The zero-order valence-corrected chi connectivity index (χ0v) is 10.7. The summed E-state index contributed by atoms with van der Waals surface area (Å²) in [5.41, 5.74) is 3.73. The van der Waals surface area contributed by atoms with Crippen molar-refractivity contribution in [3.05, 3.63) is 22.8 Å². The Morgan fingerprint density at radius 2 is 1.69 bits per heavy atom. The topological polar surface area (TPSA) is 29.0 Å². The van der Waals surface area contributed by atoms with Gasteiger partial charge in [0.2, 0.25) is 0 Å². The third kappa shape index (κ3) is 2.79. The Kier molecular flexibility index (Phi) is 3.24. The molecule has 0 unspecified atom stereocenters. The van der Waals surface area contributed by atoms with Crippen molar-refractivity contribution in [1.82, 2.24) is 14.9 Å². The zero-order chi connectivity index (χ0) is 11.7. The average molecular weight is 219 g/mol. The van der Waals surface area contributed by atoms with E-state index in [4.69, 9.17) is 0 Å². The quantitative estimate of drug-likeness (QED) is 0.776. The van der Waals surface area contributed by atoms with Crippen LogP contribution in [0.25, 0.3) is 0 Å². The van der Waals surface area contributed by atoms with Crippen molar-refractivity contribution in [2.45, 2.75) is 39.7 Å². The predicted molar refractivity (Wildman–Crippen MR) is 65.3 cm³/mol. The molecule has 0 spiro atoms. The molecule has 0 atom stereocenters. The molecule has 0 aromatic carbocycles. The largest absolute Gasteiger partial charge is 0.302 e. The molecule has 0 radical (unpaired) electrons. The summed E-state index contributed by atoms with van der Waals surface area (Å²) in [4.78, 5) is 11.3. The van der Waals surface area contributed by atoms with Crippen LogP contribution in [0.2, 0.25) is 0 Å². The lowest BCUT2D eigenvalue weighted by Crippen LogP contribution is -2.15. The summed E-state index contributed by atoms with van der Waals surface area (Å²) in [5.74, 6) is 1.85. The van der Waals surface area contributed by atoms with Gasteiger partial charge in [0.15, 0.2) is 0 Å². The second-order valence-corrected chi connectivity index (χ2v) is 5.17. The first-order valence-electron chi connectivity index (χ1n) is 6.04. The van der Waals surface area contributed by atoms with Gasteiger partial charge in [0, 0.05) is 11.4 Å². The van der Waals surface area contributed by atoms with Crippen molar-refractivity contribution >= 4 is 0 Å². The molecule has 1 aromatic heterocycles. The molecule has 1 aliphatic carbocycles. The molecule has 0 bridgehead atoms. The molecule has 0 aliphatic heterocycles. The second-order valence-electron chi connectivity index (χ2n) is 5.17. The summed E-state index contributed by atoms with van der Waals surface area (Å²) in [6.07, 6.45) is 3.95. The lowest BCUT2D eigenvalue weighted by atomic mass is 10.1. The average Bonchev–Trinajstić information content (AvgIpc) is 2.93. The van der Waals surface area contributed by atoms with Gasteiger partial charge < -0.3 is 4.90 Å². The third-order valence-corrected chi connectivity index (χ3v) is 3.11. The Morgan fingerprint density at radius 3 is 2.12 bits per heavy atom. The fourth-order valence-corrected chi connectivity index (χ4v) is 2.07. The maximum Gasteiger partial charge on any atom is 0.142 e. The molecule has 2 rings (SSSR count). The van der Waals surface area contributed by atoms with E-state index in [0.717, 1.165) is 18.3 Å². The van der Waals surface area contributed by atoms with E-state index in [9.17, 15) is 0 Å². The molecule has 88 valence electrons. The van der Waals surface area contributed by atoms with Crippen molar-refractivity contribution in [1.29, 1.82) is 0 Å². The number of hydrogen-bond acceptors (Lipinski definition) is 3. The Labute approximate surface area is 97.9 Å². The van der Waals surface area contributed by atoms with E-state index in [1.165, 1.54) is 36.2 Å². The van der Waals surface area contributed by atoms with Crippen LogP contribution in [0, 0.1) is 19.8 Å². The van der Waals surface area contributed by atoms with Crippen molar-refractivity contribution in [3.8, 4) is 0 Å². The van der Waals surface area contributed by atoms with Gasteiger partial charge in [0.1, 0.15) is 5.82 Å². The Morgan fingerprint density at radius 1 is 1.12 bits per heavy atom. The van der Waals surface area contributed by atoms with Gasteiger partial charge in [0.05, 0.1) is 6.54 Å². The standard InChI is InChI=1S/C13H21N3/c1-9-12(7-11-5-6-11)10(2)15-13(14-9)8-16(3)4/h11H,5-8H2,1-4H3. The van der Waals surface area contributed by atoms with Gasteiger partial charge in [0.25, 0.3) is 0 Å². The normalized spacial score (nSPS) is 15.8. The zero-order valence-electron chi connectivity index (χ0n) is 10.7. The predicted octanol–water partition coefficient (Wildman–Crippen LogP) is 2.11. The molecule has 16 heavy (non-hydrogen) atoms. The van der Waals surface area contributed by atoms with E-state index < -0.39 is 0 Å². The fraction of sp³-hybridized carbons (Fsp3) is 0.692. The summed E-state index contributed by atoms with van der Waals surface area (Å²) < 4.78 is 0. The minimum atomic E-state index is 0.825. The van der Waals surface area contributed by atoms with Gasteiger partial charge in [-0.25, -0.2) is 9.97 Å². The smallest absolute Gasteiger partial charge is 0.142 e. The maximum atomic E-state index is 4.60. The highest BCUT2D eigenvalue weighted by Gasteiger charge is 2.23. The number of aryl methyl sites for hydroxylation is 2. The summed E-state index contributed by atoms with van der Waals surface area (Å²) in [7, 11) is 4.10. The highest BCUT2D eigenvalue weighted by atomic mass is 15.1. The molecule has 3 heteroatoms. The lowest BCUT2D eigenvalue weighted by Gasteiger charge is -2.13. The molecular formula is C13H21N3. The highest BCUT2D eigenvalue weighted by Crippen LogP contribution is 2.33. The molecule has 1 aromatic rings. The molecule has 1 saturated carbocycles. The summed E-state index contributed by atoms with van der Waals surface area (Å²) >= 11 is 0. The number of rotatable bonds is 4. The monoisotopic (exact) mass is 219 g/mol. The van der Waals surface area contributed by atoms with Crippen LogP contribution in [-0.2, 0) is 13.0 Å². The Hall–Kier alpha value is -0.960. The third-order valence-electron chi connectivity index (χ3n) is 3.11. The van der Waals surface area contributed by atoms with Crippen LogP contribution in [0.1, 0.15) is 35.6 Å². The molecule has 3 nitrogen and oxygen atoms in total. The first-order chi connectivity index (χ1) is 7.56. The number of hydrogen-bond donors (Lipinski definition) is 0. The van der Waals surface area contributed by atoms with Crippen LogP contribution in [0.4, 0.5) is 0 Å². The first-order valence-corrected chi connectivity index (χ1v) is 6.04. The maximum absolute atomic E-state index is 4.60. The van der Waals surface area contributed by atoms with Crippen LogP contribution in [0.3, 0.4) is 0 Å². The van der Waals surface area contributed by atoms with E-state index in [0.29, 0.717) is 0 Å². The summed E-state index contributed by atoms with van der Waals surface area (Å²) in [6.45, 7) is 5.06. The van der Waals surface area contributed by atoms with Gasteiger partial charge in [-0.1, -0.05) is 0 Å².